The predicted octanol–water partition coefficient (Wildman–Crippen LogP) is 3.36. The lowest BCUT2D eigenvalue weighted by Crippen LogP contribution is -2.33. The number of non-ortho nitro benzene ring substituents is 1. The summed E-state index contributed by atoms with van der Waals surface area (Å²) in [6.45, 7) is 3.00. The molecule has 1 saturated carbocycles. The van der Waals surface area contributed by atoms with Crippen molar-refractivity contribution in [1.29, 1.82) is 0 Å². The largest absolute Gasteiger partial charge is 0.309 e. The van der Waals surface area contributed by atoms with E-state index in [9.17, 15) is 10.1 Å². The summed E-state index contributed by atoms with van der Waals surface area (Å²) >= 11 is 2.04. The van der Waals surface area contributed by atoms with Crippen LogP contribution in [-0.4, -0.2) is 22.0 Å². The molecule has 4 nitrogen and oxygen atoms in total. The molecule has 1 fully saturated rings. The number of hydrogen-bond acceptors (Lipinski definition) is 4. The first kappa shape index (κ1) is 14.3. The maximum absolute atomic E-state index is 10.6. The van der Waals surface area contributed by atoms with Crippen molar-refractivity contribution in [2.24, 2.45) is 0 Å². The Morgan fingerprint density at radius 2 is 2.11 bits per heavy atom. The lowest BCUT2D eigenvalue weighted by Gasteiger charge is -2.20. The first-order valence-electron chi connectivity index (χ1n) is 6.79. The second-order valence-electron chi connectivity index (χ2n) is 4.84. The third-order valence-corrected chi connectivity index (χ3v) is 4.87. The molecule has 2 atom stereocenters. The van der Waals surface area contributed by atoms with Crippen molar-refractivity contribution in [3.05, 3.63) is 39.9 Å². The lowest BCUT2D eigenvalue weighted by atomic mass is 10.2. The maximum Gasteiger partial charge on any atom is 0.269 e. The maximum atomic E-state index is 10.6. The third-order valence-electron chi connectivity index (χ3n) is 3.55. The predicted molar refractivity (Wildman–Crippen MR) is 79.5 cm³/mol. The minimum atomic E-state index is -0.359. The highest BCUT2D eigenvalue weighted by Gasteiger charge is 2.26. The topological polar surface area (TPSA) is 55.2 Å². The molecule has 5 heteroatoms. The fraction of sp³-hybridized carbons (Fsp3) is 0.571. The molecule has 1 aromatic carbocycles. The van der Waals surface area contributed by atoms with Gasteiger partial charge in [0.25, 0.3) is 5.69 Å². The summed E-state index contributed by atoms with van der Waals surface area (Å²) in [5.74, 6) is 1.17. The molecule has 0 saturated heterocycles. The Hall–Kier alpha value is -1.07. The quantitative estimate of drug-likeness (QED) is 0.641. The van der Waals surface area contributed by atoms with E-state index in [0.29, 0.717) is 6.04 Å². The average Bonchev–Trinajstić information content (AvgIpc) is 2.85. The second kappa shape index (κ2) is 6.91. The van der Waals surface area contributed by atoms with Crippen LogP contribution in [0.15, 0.2) is 24.3 Å². The summed E-state index contributed by atoms with van der Waals surface area (Å²) in [7, 11) is 0. The van der Waals surface area contributed by atoms with Crippen LogP contribution in [0.4, 0.5) is 5.69 Å². The smallest absolute Gasteiger partial charge is 0.269 e. The van der Waals surface area contributed by atoms with E-state index in [1.807, 2.05) is 23.9 Å². The molecule has 1 N–H and O–H groups in total. The molecule has 0 bridgehead atoms. The van der Waals surface area contributed by atoms with E-state index in [2.05, 4.69) is 12.2 Å². The standard InChI is InChI=1S/C14H20N2O2S/c1-2-19-14-5-3-4-13(14)15-10-11-6-8-12(9-7-11)16(17)18/h6-9,13-15H,2-5,10H2,1H3. The number of hydrogen-bond donors (Lipinski definition) is 1. The van der Waals surface area contributed by atoms with Crippen LogP contribution < -0.4 is 5.32 Å². The second-order valence-corrected chi connectivity index (χ2v) is 6.35. The van der Waals surface area contributed by atoms with Crippen molar-refractivity contribution in [2.75, 3.05) is 5.75 Å². The number of benzene rings is 1. The van der Waals surface area contributed by atoms with Gasteiger partial charge in [0.05, 0.1) is 4.92 Å². The monoisotopic (exact) mass is 280 g/mol. The number of nitro groups is 1. The van der Waals surface area contributed by atoms with Crippen molar-refractivity contribution >= 4 is 17.4 Å². The van der Waals surface area contributed by atoms with Crippen LogP contribution in [0.2, 0.25) is 0 Å². The summed E-state index contributed by atoms with van der Waals surface area (Å²) in [5, 5.41) is 14.9. The Kier molecular flexibility index (Phi) is 5.22. The number of nitrogens with one attached hydrogen (secondary N) is 1. The number of nitrogens with zero attached hydrogens (tertiary/aromatic N) is 1. The Bertz CT molecular complexity index is 422. The summed E-state index contributed by atoms with van der Waals surface area (Å²) in [4.78, 5) is 10.2. The van der Waals surface area contributed by atoms with Gasteiger partial charge < -0.3 is 5.32 Å². The summed E-state index contributed by atoms with van der Waals surface area (Å²) in [5.41, 5.74) is 1.27. The summed E-state index contributed by atoms with van der Waals surface area (Å²) < 4.78 is 0. The fourth-order valence-electron chi connectivity index (χ4n) is 2.56. The highest BCUT2D eigenvalue weighted by Crippen LogP contribution is 2.30. The van der Waals surface area contributed by atoms with Crippen LogP contribution in [0.1, 0.15) is 31.7 Å². The molecule has 1 aromatic rings. The van der Waals surface area contributed by atoms with Crippen LogP contribution in [0.25, 0.3) is 0 Å². The van der Waals surface area contributed by atoms with Crippen molar-refractivity contribution < 1.29 is 4.92 Å². The van der Waals surface area contributed by atoms with Gasteiger partial charge in [-0.05, 0) is 24.2 Å². The molecule has 1 aliphatic rings. The van der Waals surface area contributed by atoms with Crippen LogP contribution in [0.3, 0.4) is 0 Å². The van der Waals surface area contributed by atoms with Gasteiger partial charge in [0.15, 0.2) is 0 Å². The van der Waals surface area contributed by atoms with Crippen molar-refractivity contribution in [2.45, 2.75) is 44.0 Å². The van der Waals surface area contributed by atoms with Crippen molar-refractivity contribution in [3.8, 4) is 0 Å². The molecule has 2 unspecified atom stereocenters. The van der Waals surface area contributed by atoms with E-state index >= 15 is 0 Å². The molecule has 0 aliphatic heterocycles. The van der Waals surface area contributed by atoms with Crippen LogP contribution in [0.5, 0.6) is 0 Å². The fourth-order valence-corrected chi connectivity index (χ4v) is 3.78. The average molecular weight is 280 g/mol. The van der Waals surface area contributed by atoms with Crippen LogP contribution >= 0.6 is 11.8 Å². The zero-order valence-electron chi connectivity index (χ0n) is 11.2. The van der Waals surface area contributed by atoms with Gasteiger partial charge in [-0.25, -0.2) is 0 Å². The minimum absolute atomic E-state index is 0.157. The molecule has 0 amide bonds. The molecule has 0 radical (unpaired) electrons. The normalized spacial score (nSPS) is 22.6. The number of rotatable bonds is 6. The first-order chi connectivity index (χ1) is 9.20. The van der Waals surface area contributed by atoms with E-state index in [1.165, 1.54) is 25.0 Å². The van der Waals surface area contributed by atoms with Gasteiger partial charge >= 0.3 is 0 Å². The first-order valence-corrected chi connectivity index (χ1v) is 7.84. The minimum Gasteiger partial charge on any atom is -0.309 e. The molecule has 19 heavy (non-hydrogen) atoms. The zero-order valence-corrected chi connectivity index (χ0v) is 12.0. The molecule has 0 spiro atoms. The molecule has 2 rings (SSSR count). The van der Waals surface area contributed by atoms with Gasteiger partial charge in [0.2, 0.25) is 0 Å². The summed E-state index contributed by atoms with van der Waals surface area (Å²) in [6.07, 6.45) is 3.84. The van der Waals surface area contributed by atoms with Gasteiger partial charge in [-0.15, -0.1) is 0 Å². The zero-order chi connectivity index (χ0) is 13.7. The lowest BCUT2D eigenvalue weighted by molar-refractivity contribution is -0.384. The van der Waals surface area contributed by atoms with E-state index in [-0.39, 0.29) is 10.6 Å². The number of nitro benzene ring substituents is 1. The molecular formula is C14H20N2O2S. The van der Waals surface area contributed by atoms with Gasteiger partial charge in [-0.2, -0.15) is 11.8 Å². The number of thioether (sulfide) groups is 1. The van der Waals surface area contributed by atoms with Gasteiger partial charge in [0.1, 0.15) is 0 Å². The molecular weight excluding hydrogens is 260 g/mol. The third kappa shape index (κ3) is 3.94. The molecule has 0 heterocycles. The Morgan fingerprint density at radius 1 is 1.37 bits per heavy atom. The highest BCUT2D eigenvalue weighted by atomic mass is 32.2. The molecule has 1 aliphatic carbocycles. The van der Waals surface area contributed by atoms with Gasteiger partial charge in [0, 0.05) is 30.0 Å². The molecule has 104 valence electrons. The highest BCUT2D eigenvalue weighted by molar-refractivity contribution is 7.99. The Labute approximate surface area is 118 Å². The van der Waals surface area contributed by atoms with Crippen molar-refractivity contribution in [3.63, 3.8) is 0 Å². The van der Waals surface area contributed by atoms with Gasteiger partial charge in [-0.3, -0.25) is 10.1 Å². The van der Waals surface area contributed by atoms with Gasteiger partial charge in [-0.1, -0.05) is 25.5 Å². The van der Waals surface area contributed by atoms with E-state index in [1.54, 1.807) is 12.1 Å². The Morgan fingerprint density at radius 3 is 2.74 bits per heavy atom. The van der Waals surface area contributed by atoms with Crippen molar-refractivity contribution in [1.82, 2.24) is 5.32 Å². The molecule has 0 aromatic heterocycles. The SMILES string of the molecule is CCSC1CCCC1NCc1ccc([N+](=O)[O-])cc1. The Balaban J connectivity index is 1.86. The van der Waals surface area contributed by atoms with Crippen LogP contribution in [-0.2, 0) is 6.54 Å². The van der Waals surface area contributed by atoms with E-state index in [4.69, 9.17) is 0 Å². The van der Waals surface area contributed by atoms with E-state index < -0.39 is 0 Å². The summed E-state index contributed by atoms with van der Waals surface area (Å²) in [6, 6.07) is 7.40. The van der Waals surface area contributed by atoms with E-state index in [0.717, 1.165) is 17.4 Å². The van der Waals surface area contributed by atoms with Crippen LogP contribution in [0, 0.1) is 10.1 Å².